The molecule has 0 radical (unpaired) electrons. The molecule has 4 rings (SSSR count). The zero-order chi connectivity index (χ0) is 22.0. The van der Waals surface area contributed by atoms with Crippen molar-refractivity contribution in [3.8, 4) is 5.75 Å². The van der Waals surface area contributed by atoms with Crippen LogP contribution in [-0.4, -0.2) is 70.8 Å². The summed E-state index contributed by atoms with van der Waals surface area (Å²) in [6.07, 6.45) is -4.68. The Morgan fingerprint density at radius 3 is 2.55 bits per heavy atom. The molecule has 2 aliphatic heterocycles. The number of hydrogen-bond acceptors (Lipinski definition) is 7. The number of halogens is 1. The lowest BCUT2D eigenvalue weighted by atomic mass is 9.90. The minimum atomic E-state index is -1.43. The van der Waals surface area contributed by atoms with Gasteiger partial charge in [-0.1, -0.05) is 41.9 Å². The molecule has 4 N–H and O–H groups in total. The van der Waals surface area contributed by atoms with E-state index in [0.717, 1.165) is 23.3 Å². The van der Waals surface area contributed by atoms with Crippen molar-refractivity contribution in [3.05, 3.63) is 64.2 Å². The highest BCUT2D eigenvalue weighted by molar-refractivity contribution is 6.31. The predicted molar refractivity (Wildman–Crippen MR) is 113 cm³/mol. The molecule has 0 aromatic heterocycles. The molecule has 0 aliphatic carbocycles. The van der Waals surface area contributed by atoms with Crippen molar-refractivity contribution < 1.29 is 34.6 Å². The number of aliphatic hydroxyl groups excluding tert-OH is 4. The average molecular weight is 451 g/mol. The summed E-state index contributed by atoms with van der Waals surface area (Å²) < 4.78 is 17.2. The van der Waals surface area contributed by atoms with Gasteiger partial charge in [-0.2, -0.15) is 0 Å². The van der Waals surface area contributed by atoms with Gasteiger partial charge in [0, 0.05) is 17.9 Å². The average Bonchev–Trinajstić information content (AvgIpc) is 3.28. The van der Waals surface area contributed by atoms with Gasteiger partial charge in [0.25, 0.3) is 0 Å². The molecular formula is C23H27ClO7. The smallest absolute Gasteiger partial charge is 0.124 e. The van der Waals surface area contributed by atoms with Crippen molar-refractivity contribution in [2.75, 3.05) is 19.8 Å². The highest BCUT2D eigenvalue weighted by Crippen LogP contribution is 2.35. The van der Waals surface area contributed by atoms with Crippen LogP contribution in [0.3, 0.4) is 0 Å². The van der Waals surface area contributed by atoms with E-state index in [2.05, 4.69) is 0 Å². The van der Waals surface area contributed by atoms with Crippen LogP contribution in [0.25, 0.3) is 0 Å². The van der Waals surface area contributed by atoms with Gasteiger partial charge >= 0.3 is 0 Å². The number of hydrogen-bond donors (Lipinski definition) is 4. The van der Waals surface area contributed by atoms with Gasteiger partial charge in [-0.3, -0.25) is 0 Å². The lowest BCUT2D eigenvalue weighted by Gasteiger charge is -2.40. The summed E-state index contributed by atoms with van der Waals surface area (Å²) in [7, 11) is 0. The fourth-order valence-corrected chi connectivity index (χ4v) is 4.22. The van der Waals surface area contributed by atoms with E-state index >= 15 is 0 Å². The molecule has 0 spiro atoms. The zero-order valence-electron chi connectivity index (χ0n) is 16.9. The van der Waals surface area contributed by atoms with Crippen molar-refractivity contribution in [3.63, 3.8) is 0 Å². The third kappa shape index (κ3) is 4.88. The van der Waals surface area contributed by atoms with E-state index in [9.17, 15) is 20.4 Å². The first kappa shape index (κ1) is 22.5. The van der Waals surface area contributed by atoms with Crippen LogP contribution in [0.2, 0.25) is 5.02 Å². The minimum Gasteiger partial charge on any atom is -0.488 e. The number of benzene rings is 2. The van der Waals surface area contributed by atoms with Crippen LogP contribution in [-0.2, 0) is 15.9 Å². The van der Waals surface area contributed by atoms with Gasteiger partial charge in [0.1, 0.15) is 42.4 Å². The summed E-state index contributed by atoms with van der Waals surface area (Å²) >= 11 is 6.46. The highest BCUT2D eigenvalue weighted by Gasteiger charge is 2.44. The molecule has 8 heteroatoms. The Morgan fingerprint density at radius 1 is 1.00 bits per heavy atom. The van der Waals surface area contributed by atoms with Crippen LogP contribution < -0.4 is 4.74 Å². The van der Waals surface area contributed by atoms with Crippen molar-refractivity contribution in [2.24, 2.45) is 0 Å². The van der Waals surface area contributed by atoms with Crippen LogP contribution in [0.5, 0.6) is 5.75 Å². The topological polar surface area (TPSA) is 109 Å². The standard InChI is InChI=1S/C23H27ClO7/c24-17-6-5-14(23-22(28)21(27)20(26)19(11-25)31-23)10-15(17)9-13-3-1-2-4-18(13)30-16-7-8-29-12-16/h1-6,10,16,19-23,25-28H,7-9,11-12H2/t16-,19-,20?,21+,22-,23?/m1/s1. The molecule has 2 unspecified atom stereocenters. The van der Waals surface area contributed by atoms with E-state index in [1.807, 2.05) is 30.3 Å². The van der Waals surface area contributed by atoms with E-state index in [1.165, 1.54) is 0 Å². The Balaban J connectivity index is 1.58. The zero-order valence-corrected chi connectivity index (χ0v) is 17.7. The molecular weight excluding hydrogens is 424 g/mol. The van der Waals surface area contributed by atoms with E-state index in [0.29, 0.717) is 30.2 Å². The summed E-state index contributed by atoms with van der Waals surface area (Å²) in [5.41, 5.74) is 2.36. The van der Waals surface area contributed by atoms with E-state index < -0.39 is 37.1 Å². The summed E-state index contributed by atoms with van der Waals surface area (Å²) in [5.74, 6) is 0.771. The second-order valence-corrected chi connectivity index (χ2v) is 8.40. The number of rotatable bonds is 6. The molecule has 0 bridgehead atoms. The van der Waals surface area contributed by atoms with Gasteiger partial charge in [0.05, 0.1) is 19.8 Å². The summed E-state index contributed by atoms with van der Waals surface area (Å²) in [6, 6.07) is 13.0. The fourth-order valence-electron chi connectivity index (χ4n) is 4.04. The van der Waals surface area contributed by atoms with Crippen molar-refractivity contribution in [1.29, 1.82) is 0 Å². The maximum absolute atomic E-state index is 10.4. The molecule has 2 aromatic carbocycles. The van der Waals surface area contributed by atoms with Crippen LogP contribution in [0.4, 0.5) is 0 Å². The first-order valence-electron chi connectivity index (χ1n) is 10.4. The fraction of sp³-hybridized carbons (Fsp3) is 0.478. The van der Waals surface area contributed by atoms with Crippen LogP contribution >= 0.6 is 11.6 Å². The van der Waals surface area contributed by atoms with Gasteiger partial charge in [0.2, 0.25) is 0 Å². The molecule has 31 heavy (non-hydrogen) atoms. The molecule has 2 saturated heterocycles. The first-order valence-corrected chi connectivity index (χ1v) is 10.8. The van der Waals surface area contributed by atoms with Gasteiger partial charge < -0.3 is 34.6 Å². The Labute approximate surface area is 185 Å². The predicted octanol–water partition coefficient (Wildman–Crippen LogP) is 1.61. The van der Waals surface area contributed by atoms with E-state index in [1.54, 1.807) is 12.1 Å². The Bertz CT molecular complexity index is 884. The summed E-state index contributed by atoms with van der Waals surface area (Å²) in [6.45, 7) is 0.791. The third-order valence-electron chi connectivity index (χ3n) is 5.83. The van der Waals surface area contributed by atoms with Crippen molar-refractivity contribution in [2.45, 2.75) is 49.5 Å². The van der Waals surface area contributed by atoms with Gasteiger partial charge in [0.15, 0.2) is 0 Å². The lowest BCUT2D eigenvalue weighted by Crippen LogP contribution is -2.55. The number of para-hydroxylation sites is 1. The highest BCUT2D eigenvalue weighted by atomic mass is 35.5. The van der Waals surface area contributed by atoms with Gasteiger partial charge in [-0.25, -0.2) is 0 Å². The maximum atomic E-state index is 10.4. The molecule has 2 fully saturated rings. The second-order valence-electron chi connectivity index (χ2n) is 7.99. The van der Waals surface area contributed by atoms with Crippen molar-refractivity contribution >= 4 is 11.6 Å². The molecule has 0 saturated carbocycles. The van der Waals surface area contributed by atoms with Gasteiger partial charge in [-0.15, -0.1) is 0 Å². The molecule has 2 aromatic rings. The van der Waals surface area contributed by atoms with Crippen LogP contribution in [0.15, 0.2) is 42.5 Å². The second kappa shape index (κ2) is 9.83. The van der Waals surface area contributed by atoms with E-state index in [-0.39, 0.29) is 6.10 Å². The molecule has 6 atom stereocenters. The number of ether oxygens (including phenoxy) is 3. The SMILES string of the molecule is OC[C@H]1OC(c2ccc(Cl)c(Cc3ccccc3O[C@@H]3CCOC3)c2)[C@H](O)[C@@H](O)C1O. The maximum Gasteiger partial charge on any atom is 0.124 e. The Kier molecular flexibility index (Phi) is 7.13. The summed E-state index contributed by atoms with van der Waals surface area (Å²) in [5, 5.41) is 40.6. The summed E-state index contributed by atoms with van der Waals surface area (Å²) in [4.78, 5) is 0. The Morgan fingerprint density at radius 2 is 1.81 bits per heavy atom. The molecule has 2 heterocycles. The number of aliphatic hydroxyl groups is 4. The van der Waals surface area contributed by atoms with Crippen LogP contribution in [0, 0.1) is 0 Å². The van der Waals surface area contributed by atoms with Crippen molar-refractivity contribution in [1.82, 2.24) is 0 Å². The normalized spacial score (nSPS) is 31.0. The van der Waals surface area contributed by atoms with Crippen LogP contribution in [0.1, 0.15) is 29.2 Å². The van der Waals surface area contributed by atoms with Gasteiger partial charge in [-0.05, 0) is 28.8 Å². The molecule has 7 nitrogen and oxygen atoms in total. The largest absolute Gasteiger partial charge is 0.488 e. The monoisotopic (exact) mass is 450 g/mol. The first-order chi connectivity index (χ1) is 15.0. The third-order valence-corrected chi connectivity index (χ3v) is 6.19. The van der Waals surface area contributed by atoms with E-state index in [4.69, 9.17) is 25.8 Å². The molecule has 0 amide bonds. The molecule has 168 valence electrons. The quantitative estimate of drug-likeness (QED) is 0.529. The minimum absolute atomic E-state index is 0.0251. The molecule has 2 aliphatic rings. The Hall–Kier alpha value is -1.71. The lowest BCUT2D eigenvalue weighted by molar-refractivity contribution is -0.231.